The van der Waals surface area contributed by atoms with Crippen LogP contribution in [0.2, 0.25) is 0 Å². The molecule has 0 saturated carbocycles. The summed E-state index contributed by atoms with van der Waals surface area (Å²) in [4.78, 5) is 0.313. The molecule has 0 amide bonds. The van der Waals surface area contributed by atoms with Gasteiger partial charge in [-0.05, 0) is 59.8 Å². The van der Waals surface area contributed by atoms with Crippen LogP contribution in [0.1, 0.15) is 31.2 Å². The molecule has 1 unspecified atom stereocenters. The number of hydrogen-bond acceptors (Lipinski definition) is 3. The molecule has 1 aliphatic heterocycles. The topological polar surface area (TPSA) is 57.6 Å². The molecule has 1 saturated heterocycles. The second kappa shape index (κ2) is 6.56. The van der Waals surface area contributed by atoms with E-state index in [1.54, 1.807) is 10.4 Å². The summed E-state index contributed by atoms with van der Waals surface area (Å²) in [6, 6.07) is 5.19. The van der Waals surface area contributed by atoms with Crippen molar-refractivity contribution in [2.24, 2.45) is 0 Å². The highest BCUT2D eigenvalue weighted by Gasteiger charge is 2.34. The Balaban J connectivity index is 2.37. The van der Waals surface area contributed by atoms with E-state index in [1.807, 2.05) is 19.1 Å². The summed E-state index contributed by atoms with van der Waals surface area (Å²) in [6.45, 7) is 2.48. The fraction of sp³-hybridized carbons (Fsp3) is 0.571. The smallest absolute Gasteiger partial charge is 0.244 e. The molecular formula is C14H20BrNO3S. The number of aliphatic hydroxyl groups is 1. The van der Waals surface area contributed by atoms with Gasteiger partial charge in [-0.25, -0.2) is 8.42 Å². The normalized spacial score (nSPS) is 21.1. The zero-order valence-electron chi connectivity index (χ0n) is 11.5. The number of hydrogen-bond donors (Lipinski definition) is 1. The number of aliphatic hydroxyl groups excluding tert-OH is 1. The molecule has 20 heavy (non-hydrogen) atoms. The molecule has 1 aromatic carbocycles. The molecule has 0 radical (unpaired) electrons. The lowest BCUT2D eigenvalue weighted by Crippen LogP contribution is -2.44. The summed E-state index contributed by atoms with van der Waals surface area (Å²) < 4.78 is 27.8. The van der Waals surface area contributed by atoms with E-state index in [-0.39, 0.29) is 12.6 Å². The fourth-order valence-electron chi connectivity index (χ4n) is 2.67. The third-order valence-electron chi connectivity index (χ3n) is 3.71. The van der Waals surface area contributed by atoms with Gasteiger partial charge in [0.05, 0.1) is 4.90 Å². The van der Waals surface area contributed by atoms with Gasteiger partial charge >= 0.3 is 0 Å². The largest absolute Gasteiger partial charge is 0.396 e. The van der Waals surface area contributed by atoms with Crippen molar-refractivity contribution in [2.45, 2.75) is 43.5 Å². The summed E-state index contributed by atoms with van der Waals surface area (Å²) in [5.41, 5.74) is 1.02. The first-order valence-electron chi connectivity index (χ1n) is 6.85. The highest BCUT2D eigenvalue weighted by atomic mass is 79.9. The monoisotopic (exact) mass is 361 g/mol. The SMILES string of the molecule is Cc1ccc(S(=O)(=O)N2CCCCC2CCO)c(Br)c1. The summed E-state index contributed by atoms with van der Waals surface area (Å²) in [5, 5.41) is 9.13. The lowest BCUT2D eigenvalue weighted by Gasteiger charge is -2.34. The minimum Gasteiger partial charge on any atom is -0.396 e. The Morgan fingerprint density at radius 1 is 1.40 bits per heavy atom. The quantitative estimate of drug-likeness (QED) is 0.896. The van der Waals surface area contributed by atoms with Gasteiger partial charge in [0, 0.05) is 23.7 Å². The predicted molar refractivity (Wildman–Crippen MR) is 82.1 cm³/mol. The van der Waals surface area contributed by atoms with E-state index in [4.69, 9.17) is 5.11 Å². The van der Waals surface area contributed by atoms with Crippen molar-refractivity contribution in [3.63, 3.8) is 0 Å². The van der Waals surface area contributed by atoms with Crippen molar-refractivity contribution in [2.75, 3.05) is 13.2 Å². The molecule has 0 aliphatic carbocycles. The summed E-state index contributed by atoms with van der Waals surface area (Å²) in [7, 11) is -3.51. The van der Waals surface area contributed by atoms with Gasteiger partial charge in [-0.1, -0.05) is 12.5 Å². The Morgan fingerprint density at radius 3 is 2.80 bits per heavy atom. The minimum absolute atomic E-state index is 0.0196. The van der Waals surface area contributed by atoms with Crippen LogP contribution in [-0.2, 0) is 10.0 Å². The second-order valence-corrected chi connectivity index (χ2v) is 7.92. The number of piperidine rings is 1. The number of halogens is 1. The van der Waals surface area contributed by atoms with Crippen LogP contribution in [0.3, 0.4) is 0 Å². The van der Waals surface area contributed by atoms with Crippen LogP contribution >= 0.6 is 15.9 Å². The zero-order chi connectivity index (χ0) is 14.8. The lowest BCUT2D eigenvalue weighted by atomic mass is 10.0. The zero-order valence-corrected chi connectivity index (χ0v) is 14.0. The van der Waals surface area contributed by atoms with Gasteiger partial charge < -0.3 is 5.11 Å². The Kier molecular flexibility index (Phi) is 5.23. The average Bonchev–Trinajstić information content (AvgIpc) is 2.39. The van der Waals surface area contributed by atoms with Crippen molar-refractivity contribution in [3.05, 3.63) is 28.2 Å². The van der Waals surface area contributed by atoms with E-state index in [0.29, 0.717) is 22.3 Å². The van der Waals surface area contributed by atoms with E-state index < -0.39 is 10.0 Å². The number of aryl methyl sites for hydroxylation is 1. The highest BCUT2D eigenvalue weighted by Crippen LogP contribution is 2.31. The van der Waals surface area contributed by atoms with Crippen LogP contribution in [0.4, 0.5) is 0 Å². The Morgan fingerprint density at radius 2 is 2.15 bits per heavy atom. The number of nitrogens with zero attached hydrogens (tertiary/aromatic N) is 1. The van der Waals surface area contributed by atoms with Crippen LogP contribution in [0.25, 0.3) is 0 Å². The molecule has 0 spiro atoms. The molecule has 1 aliphatic rings. The Hall–Kier alpha value is -0.430. The molecule has 1 heterocycles. The molecule has 1 N–H and O–H groups in total. The van der Waals surface area contributed by atoms with Crippen LogP contribution in [0.15, 0.2) is 27.6 Å². The molecule has 112 valence electrons. The number of benzene rings is 1. The van der Waals surface area contributed by atoms with E-state index >= 15 is 0 Å². The molecule has 1 fully saturated rings. The van der Waals surface area contributed by atoms with Gasteiger partial charge in [-0.3, -0.25) is 0 Å². The van der Waals surface area contributed by atoms with Crippen LogP contribution in [-0.4, -0.2) is 37.0 Å². The maximum absolute atomic E-state index is 12.8. The molecule has 0 bridgehead atoms. The second-order valence-electron chi connectivity index (χ2n) is 5.21. The van der Waals surface area contributed by atoms with E-state index in [1.165, 1.54) is 0 Å². The molecule has 1 atom stereocenters. The number of rotatable bonds is 4. The predicted octanol–water partition coefficient (Wildman–Crippen LogP) is 2.68. The molecular weight excluding hydrogens is 342 g/mol. The van der Waals surface area contributed by atoms with Gasteiger partial charge in [0.1, 0.15) is 0 Å². The van der Waals surface area contributed by atoms with Crippen LogP contribution in [0.5, 0.6) is 0 Å². The first-order chi connectivity index (χ1) is 9.46. The Bertz CT molecular complexity index is 572. The molecule has 1 aromatic rings. The summed E-state index contributed by atoms with van der Waals surface area (Å²) in [6.07, 6.45) is 3.22. The third kappa shape index (κ3) is 3.24. The molecule has 0 aromatic heterocycles. The first kappa shape index (κ1) is 15.9. The van der Waals surface area contributed by atoms with Gasteiger partial charge in [-0.15, -0.1) is 0 Å². The van der Waals surface area contributed by atoms with Crippen LogP contribution in [0, 0.1) is 6.92 Å². The van der Waals surface area contributed by atoms with Gasteiger partial charge in [-0.2, -0.15) is 4.31 Å². The first-order valence-corrected chi connectivity index (χ1v) is 9.09. The van der Waals surface area contributed by atoms with Crippen molar-refractivity contribution in [1.82, 2.24) is 4.31 Å². The van der Waals surface area contributed by atoms with E-state index in [0.717, 1.165) is 24.8 Å². The summed E-state index contributed by atoms with van der Waals surface area (Å²) >= 11 is 3.35. The fourth-order valence-corrected chi connectivity index (χ4v) is 5.55. The van der Waals surface area contributed by atoms with E-state index in [2.05, 4.69) is 15.9 Å². The third-order valence-corrected chi connectivity index (χ3v) is 6.64. The Labute approximate surface area is 129 Å². The maximum atomic E-state index is 12.8. The van der Waals surface area contributed by atoms with Crippen molar-refractivity contribution < 1.29 is 13.5 Å². The van der Waals surface area contributed by atoms with Gasteiger partial charge in [0.15, 0.2) is 0 Å². The lowest BCUT2D eigenvalue weighted by molar-refractivity contribution is 0.192. The molecule has 6 heteroatoms. The van der Waals surface area contributed by atoms with Crippen molar-refractivity contribution in [3.8, 4) is 0 Å². The van der Waals surface area contributed by atoms with Crippen molar-refractivity contribution >= 4 is 26.0 Å². The highest BCUT2D eigenvalue weighted by molar-refractivity contribution is 9.10. The number of sulfonamides is 1. The summed E-state index contributed by atoms with van der Waals surface area (Å²) in [5.74, 6) is 0. The maximum Gasteiger partial charge on any atom is 0.244 e. The van der Waals surface area contributed by atoms with Gasteiger partial charge in [0.25, 0.3) is 0 Å². The van der Waals surface area contributed by atoms with E-state index in [9.17, 15) is 8.42 Å². The molecule has 2 rings (SSSR count). The van der Waals surface area contributed by atoms with Gasteiger partial charge in [0.2, 0.25) is 10.0 Å². The standard InChI is InChI=1S/C14H20BrNO3S/c1-11-5-6-14(13(15)10-11)20(18,19)16-8-3-2-4-12(16)7-9-17/h5-6,10,12,17H,2-4,7-9H2,1H3. The van der Waals surface area contributed by atoms with Crippen LogP contribution < -0.4 is 0 Å². The minimum atomic E-state index is -3.51. The van der Waals surface area contributed by atoms with Crippen molar-refractivity contribution in [1.29, 1.82) is 0 Å². The average molecular weight is 362 g/mol. The molecule has 4 nitrogen and oxygen atoms in total.